The number of anilines is 1. The Kier molecular flexibility index (Phi) is 5.43. The van der Waals surface area contributed by atoms with E-state index in [9.17, 15) is 0 Å². The van der Waals surface area contributed by atoms with Crippen molar-refractivity contribution in [3.05, 3.63) is 48.4 Å². The summed E-state index contributed by atoms with van der Waals surface area (Å²) >= 11 is 0. The number of aryl methyl sites for hydroxylation is 1. The molecule has 1 atom stereocenters. The molecule has 0 aliphatic carbocycles. The quantitative estimate of drug-likeness (QED) is 0.835. The van der Waals surface area contributed by atoms with Crippen LogP contribution in [-0.2, 0) is 0 Å². The molecule has 98 valence electrons. The van der Waals surface area contributed by atoms with Gasteiger partial charge in [-0.05, 0) is 31.4 Å². The van der Waals surface area contributed by atoms with Crippen molar-refractivity contribution in [1.82, 2.24) is 10.3 Å². The predicted molar refractivity (Wildman–Crippen MR) is 78.4 cm³/mol. The molecular formula is C15H23N3. The molecule has 1 aliphatic heterocycles. The number of rotatable bonds is 2. The molecule has 1 aromatic rings. The molecule has 1 aliphatic rings. The second-order valence-corrected chi connectivity index (χ2v) is 4.21. The maximum atomic E-state index is 4.32. The summed E-state index contributed by atoms with van der Waals surface area (Å²) in [5.74, 6) is 0.895. The first-order chi connectivity index (χ1) is 8.65. The summed E-state index contributed by atoms with van der Waals surface area (Å²) in [6, 6.07) is 4.28. The number of allylic oxidation sites excluding steroid dienone is 1. The maximum absolute atomic E-state index is 4.32. The molecule has 1 fully saturated rings. The molecule has 1 saturated heterocycles. The molecule has 18 heavy (non-hydrogen) atoms. The predicted octanol–water partition coefficient (Wildman–Crippen LogP) is 3.61. The molecule has 2 rings (SSSR count). The largest absolute Gasteiger partial charge is 0.362 e. The van der Waals surface area contributed by atoms with Gasteiger partial charge in [-0.2, -0.15) is 0 Å². The lowest BCUT2D eigenvalue weighted by Crippen LogP contribution is -2.34. The molecule has 0 radical (unpaired) electrons. The van der Waals surface area contributed by atoms with Crippen molar-refractivity contribution in [2.24, 2.45) is 0 Å². The highest BCUT2D eigenvalue weighted by Crippen LogP contribution is 2.19. The Bertz CT molecular complexity index is 406. The molecule has 2 N–H and O–H groups in total. The van der Waals surface area contributed by atoms with E-state index in [0.29, 0.717) is 0 Å². The highest BCUT2D eigenvalue weighted by Gasteiger charge is 2.18. The molecule has 1 unspecified atom stereocenters. The second-order valence-electron chi connectivity index (χ2n) is 4.21. The smallest absolute Gasteiger partial charge is 0.126 e. The van der Waals surface area contributed by atoms with Gasteiger partial charge in [0.05, 0.1) is 6.04 Å². The first-order valence-electron chi connectivity index (χ1n) is 6.48. The number of piperidine rings is 1. The molecule has 0 spiro atoms. The van der Waals surface area contributed by atoms with E-state index in [1.165, 1.54) is 5.56 Å². The standard InChI is InChI=1S/C13H17N3.C2H6/c1-9-4-7-13(14-8-9)16-12-6-5-10(2)15-11(12)3;1-2/h4,7-8,12,15H,2-3,5-6H2,1H3,(H,14,16);1-2H3. The molecule has 3 nitrogen and oxygen atoms in total. The molecular weight excluding hydrogens is 222 g/mol. The van der Waals surface area contributed by atoms with Gasteiger partial charge in [-0.25, -0.2) is 4.98 Å². The number of pyridine rings is 1. The van der Waals surface area contributed by atoms with E-state index < -0.39 is 0 Å². The Balaban J connectivity index is 0.000000771. The van der Waals surface area contributed by atoms with E-state index in [0.717, 1.165) is 30.1 Å². The highest BCUT2D eigenvalue weighted by atomic mass is 15.1. The van der Waals surface area contributed by atoms with Crippen molar-refractivity contribution in [2.45, 2.75) is 39.7 Å². The number of nitrogens with one attached hydrogen (secondary N) is 2. The number of hydrogen-bond acceptors (Lipinski definition) is 3. The van der Waals surface area contributed by atoms with Gasteiger partial charge in [-0.1, -0.05) is 33.1 Å². The molecule has 1 aromatic heterocycles. The fraction of sp³-hybridized carbons (Fsp3) is 0.400. The van der Waals surface area contributed by atoms with Gasteiger partial charge < -0.3 is 10.6 Å². The van der Waals surface area contributed by atoms with Gasteiger partial charge in [0, 0.05) is 17.6 Å². The molecule has 0 amide bonds. The number of nitrogens with zero attached hydrogens (tertiary/aromatic N) is 1. The van der Waals surface area contributed by atoms with Crippen LogP contribution in [0.15, 0.2) is 42.9 Å². The number of hydrogen-bond donors (Lipinski definition) is 2. The topological polar surface area (TPSA) is 37.0 Å². The monoisotopic (exact) mass is 245 g/mol. The molecule has 0 saturated carbocycles. The van der Waals surface area contributed by atoms with Gasteiger partial charge in [0.15, 0.2) is 0 Å². The minimum Gasteiger partial charge on any atom is -0.362 e. The van der Waals surface area contributed by atoms with E-state index >= 15 is 0 Å². The summed E-state index contributed by atoms with van der Waals surface area (Å²) < 4.78 is 0. The molecule has 0 bridgehead atoms. The fourth-order valence-corrected chi connectivity index (χ4v) is 1.76. The summed E-state index contributed by atoms with van der Waals surface area (Å²) in [5, 5.41) is 6.55. The lowest BCUT2D eigenvalue weighted by atomic mass is 10.0. The van der Waals surface area contributed by atoms with Gasteiger partial charge in [0.1, 0.15) is 5.82 Å². The molecule has 0 aromatic carbocycles. The summed E-state index contributed by atoms with van der Waals surface area (Å²) in [5.41, 5.74) is 3.18. The van der Waals surface area contributed by atoms with Crippen LogP contribution in [0.25, 0.3) is 0 Å². The third-order valence-corrected chi connectivity index (χ3v) is 2.73. The Labute approximate surface area is 110 Å². The lowest BCUT2D eigenvalue weighted by Gasteiger charge is -2.28. The van der Waals surface area contributed by atoms with Crippen LogP contribution in [0, 0.1) is 6.92 Å². The van der Waals surface area contributed by atoms with E-state index in [4.69, 9.17) is 0 Å². The van der Waals surface area contributed by atoms with Crippen molar-refractivity contribution < 1.29 is 0 Å². The minimum atomic E-state index is 0.237. The summed E-state index contributed by atoms with van der Waals surface area (Å²) in [4.78, 5) is 4.32. The van der Waals surface area contributed by atoms with Crippen LogP contribution in [-0.4, -0.2) is 11.0 Å². The second kappa shape index (κ2) is 6.84. The highest BCUT2D eigenvalue weighted by molar-refractivity contribution is 5.39. The normalized spacial score (nSPS) is 18.5. The third kappa shape index (κ3) is 3.91. The lowest BCUT2D eigenvalue weighted by molar-refractivity contribution is 0.611. The van der Waals surface area contributed by atoms with Crippen LogP contribution in [0.4, 0.5) is 5.82 Å². The van der Waals surface area contributed by atoms with Crippen LogP contribution >= 0.6 is 0 Å². The zero-order chi connectivity index (χ0) is 13.5. The molecule has 3 heteroatoms. The fourth-order valence-electron chi connectivity index (χ4n) is 1.76. The van der Waals surface area contributed by atoms with Crippen molar-refractivity contribution in [3.8, 4) is 0 Å². The van der Waals surface area contributed by atoms with Crippen molar-refractivity contribution in [3.63, 3.8) is 0 Å². The van der Waals surface area contributed by atoms with Crippen LogP contribution in [0.2, 0.25) is 0 Å². The van der Waals surface area contributed by atoms with E-state index in [2.05, 4.69) is 28.8 Å². The van der Waals surface area contributed by atoms with E-state index in [1.807, 2.05) is 39.1 Å². The molecule has 2 heterocycles. The Morgan fingerprint density at radius 1 is 1.33 bits per heavy atom. The van der Waals surface area contributed by atoms with Gasteiger partial charge in [0.25, 0.3) is 0 Å². The Hall–Kier alpha value is -1.77. The van der Waals surface area contributed by atoms with Gasteiger partial charge in [-0.15, -0.1) is 0 Å². The van der Waals surface area contributed by atoms with Crippen LogP contribution in [0.3, 0.4) is 0 Å². The van der Waals surface area contributed by atoms with Crippen molar-refractivity contribution >= 4 is 5.82 Å². The minimum absolute atomic E-state index is 0.237. The average molecular weight is 245 g/mol. The Morgan fingerprint density at radius 3 is 2.61 bits per heavy atom. The first-order valence-corrected chi connectivity index (χ1v) is 6.48. The zero-order valence-corrected chi connectivity index (χ0v) is 11.6. The van der Waals surface area contributed by atoms with Gasteiger partial charge >= 0.3 is 0 Å². The summed E-state index contributed by atoms with van der Waals surface area (Å²) in [7, 11) is 0. The van der Waals surface area contributed by atoms with E-state index in [1.54, 1.807) is 0 Å². The SMILES string of the molecule is C=C1CCC(Nc2ccc(C)cn2)C(=C)N1.CC. The summed E-state index contributed by atoms with van der Waals surface area (Å²) in [6.45, 7) is 13.9. The maximum Gasteiger partial charge on any atom is 0.126 e. The zero-order valence-electron chi connectivity index (χ0n) is 11.6. The first kappa shape index (κ1) is 14.3. The van der Waals surface area contributed by atoms with Gasteiger partial charge in [0.2, 0.25) is 0 Å². The van der Waals surface area contributed by atoms with E-state index in [-0.39, 0.29) is 6.04 Å². The van der Waals surface area contributed by atoms with Crippen LogP contribution < -0.4 is 10.6 Å². The van der Waals surface area contributed by atoms with Crippen molar-refractivity contribution in [1.29, 1.82) is 0 Å². The average Bonchev–Trinajstić information content (AvgIpc) is 2.38. The summed E-state index contributed by atoms with van der Waals surface area (Å²) in [6.07, 6.45) is 3.85. The Morgan fingerprint density at radius 2 is 2.06 bits per heavy atom. The van der Waals surface area contributed by atoms with Crippen LogP contribution in [0.5, 0.6) is 0 Å². The third-order valence-electron chi connectivity index (χ3n) is 2.73. The van der Waals surface area contributed by atoms with Crippen LogP contribution in [0.1, 0.15) is 32.3 Å². The van der Waals surface area contributed by atoms with Crippen molar-refractivity contribution in [2.75, 3.05) is 5.32 Å². The van der Waals surface area contributed by atoms with Gasteiger partial charge in [-0.3, -0.25) is 0 Å². The number of aromatic nitrogens is 1.